The summed E-state index contributed by atoms with van der Waals surface area (Å²) in [6.07, 6.45) is 3.23. The molecule has 1 unspecified atom stereocenters. The fourth-order valence-electron chi connectivity index (χ4n) is 2.46. The predicted molar refractivity (Wildman–Crippen MR) is 64.3 cm³/mol. The first-order chi connectivity index (χ1) is 7.35. The van der Waals surface area contributed by atoms with Crippen LogP contribution in [0.15, 0.2) is 24.3 Å². The summed E-state index contributed by atoms with van der Waals surface area (Å²) in [5.74, 6) is 2.95. The van der Waals surface area contributed by atoms with Crippen molar-refractivity contribution in [3.63, 3.8) is 0 Å². The van der Waals surface area contributed by atoms with Crippen LogP contribution < -0.4 is 5.32 Å². The first-order valence-electron chi connectivity index (χ1n) is 5.51. The zero-order chi connectivity index (χ0) is 10.7. The summed E-state index contributed by atoms with van der Waals surface area (Å²) in [6.45, 7) is 0.264. The van der Waals surface area contributed by atoms with Gasteiger partial charge in [0.25, 0.3) is 6.71 Å². The van der Waals surface area contributed by atoms with Crippen molar-refractivity contribution < 1.29 is 0 Å². The van der Waals surface area contributed by atoms with E-state index in [0.717, 1.165) is 19.1 Å². The van der Waals surface area contributed by atoms with Crippen LogP contribution in [-0.2, 0) is 0 Å². The lowest BCUT2D eigenvalue weighted by molar-refractivity contribution is 0.772. The van der Waals surface area contributed by atoms with Gasteiger partial charge in [0, 0.05) is 18.7 Å². The van der Waals surface area contributed by atoms with E-state index < -0.39 is 0 Å². The van der Waals surface area contributed by atoms with E-state index in [1.54, 1.807) is 0 Å². The smallest absolute Gasteiger partial charge is 0.268 e. The highest BCUT2D eigenvalue weighted by molar-refractivity contribution is 6.67. The third-order valence-corrected chi connectivity index (χ3v) is 3.29. The number of nitriles is 1. The standard InChI is InChI=1S/C12H15BN2/c1-15-12-5-3-2-4-11(12)10-6-7-13(8-10)9-14/h2-5,10,15H,6-8H2,1H3. The van der Waals surface area contributed by atoms with Gasteiger partial charge in [-0.15, -0.1) is 0 Å². The maximum absolute atomic E-state index is 8.89. The van der Waals surface area contributed by atoms with Crippen LogP contribution in [0, 0.1) is 11.2 Å². The molecule has 1 heterocycles. The SMILES string of the molecule is CNc1ccccc1C1CCB(C#N)C1. The summed E-state index contributed by atoms with van der Waals surface area (Å²) >= 11 is 0. The Balaban J connectivity index is 2.20. The molecule has 0 amide bonds. The van der Waals surface area contributed by atoms with E-state index in [4.69, 9.17) is 5.26 Å². The quantitative estimate of drug-likeness (QED) is 0.741. The van der Waals surface area contributed by atoms with Crippen molar-refractivity contribution in [3.8, 4) is 5.97 Å². The molecule has 1 aromatic rings. The van der Waals surface area contributed by atoms with E-state index in [1.807, 2.05) is 13.1 Å². The maximum Gasteiger partial charge on any atom is 0.268 e. The van der Waals surface area contributed by atoms with Gasteiger partial charge < -0.3 is 5.32 Å². The fourth-order valence-corrected chi connectivity index (χ4v) is 2.46. The van der Waals surface area contributed by atoms with Gasteiger partial charge in [0.1, 0.15) is 0 Å². The van der Waals surface area contributed by atoms with E-state index in [2.05, 4.69) is 29.5 Å². The zero-order valence-electron chi connectivity index (χ0n) is 9.03. The number of para-hydroxylation sites is 1. The Labute approximate surface area is 91.4 Å². The van der Waals surface area contributed by atoms with E-state index in [9.17, 15) is 0 Å². The van der Waals surface area contributed by atoms with Crippen molar-refractivity contribution in [2.75, 3.05) is 12.4 Å². The first kappa shape index (κ1) is 10.1. The van der Waals surface area contributed by atoms with Gasteiger partial charge >= 0.3 is 0 Å². The highest BCUT2D eigenvalue weighted by atomic mass is 14.8. The second-order valence-corrected chi connectivity index (χ2v) is 4.17. The van der Waals surface area contributed by atoms with Crippen molar-refractivity contribution in [2.24, 2.45) is 0 Å². The Morgan fingerprint density at radius 3 is 2.93 bits per heavy atom. The zero-order valence-corrected chi connectivity index (χ0v) is 9.03. The Morgan fingerprint density at radius 1 is 1.47 bits per heavy atom. The average molecular weight is 198 g/mol. The molecule has 15 heavy (non-hydrogen) atoms. The summed E-state index contributed by atoms with van der Waals surface area (Å²) < 4.78 is 0. The normalized spacial score (nSPS) is 20.0. The molecule has 1 aliphatic heterocycles. The largest absolute Gasteiger partial charge is 0.388 e. The highest BCUT2D eigenvalue weighted by Crippen LogP contribution is 2.38. The number of nitrogens with one attached hydrogen (secondary N) is 1. The Morgan fingerprint density at radius 2 is 2.27 bits per heavy atom. The number of nitrogens with zero attached hydrogens (tertiary/aromatic N) is 1. The van der Waals surface area contributed by atoms with Gasteiger partial charge in [0.15, 0.2) is 0 Å². The van der Waals surface area contributed by atoms with Gasteiger partial charge in [0.2, 0.25) is 0 Å². The fraction of sp³-hybridized carbons (Fsp3) is 0.417. The van der Waals surface area contributed by atoms with Crippen LogP contribution in [-0.4, -0.2) is 13.8 Å². The molecule has 1 aliphatic rings. The Kier molecular flexibility index (Phi) is 2.96. The number of anilines is 1. The van der Waals surface area contributed by atoms with E-state index >= 15 is 0 Å². The molecule has 0 aromatic heterocycles. The van der Waals surface area contributed by atoms with Crippen molar-refractivity contribution >= 4 is 12.4 Å². The van der Waals surface area contributed by atoms with Gasteiger partial charge in [-0.25, -0.2) is 5.26 Å². The highest BCUT2D eigenvalue weighted by Gasteiger charge is 2.29. The van der Waals surface area contributed by atoms with Gasteiger partial charge in [-0.1, -0.05) is 37.3 Å². The van der Waals surface area contributed by atoms with Crippen molar-refractivity contribution in [1.29, 1.82) is 5.26 Å². The summed E-state index contributed by atoms with van der Waals surface area (Å²) in [7, 11) is 1.95. The Bertz CT molecular complexity index is 383. The molecule has 3 heteroatoms. The first-order valence-corrected chi connectivity index (χ1v) is 5.51. The maximum atomic E-state index is 8.89. The minimum atomic E-state index is 0.264. The molecule has 1 fully saturated rings. The Hall–Kier alpha value is -1.43. The molecule has 2 nitrogen and oxygen atoms in total. The van der Waals surface area contributed by atoms with E-state index in [-0.39, 0.29) is 6.71 Å². The molecule has 2 rings (SSSR count). The van der Waals surface area contributed by atoms with Crippen LogP contribution >= 0.6 is 0 Å². The van der Waals surface area contributed by atoms with Gasteiger partial charge in [-0.2, -0.15) is 0 Å². The third kappa shape index (κ3) is 1.99. The molecular weight excluding hydrogens is 183 g/mol. The number of benzene rings is 1. The number of rotatable bonds is 2. The molecular formula is C12H15BN2. The predicted octanol–water partition coefficient (Wildman–Crippen LogP) is 2.77. The van der Waals surface area contributed by atoms with Gasteiger partial charge in [0.05, 0.1) is 0 Å². The summed E-state index contributed by atoms with van der Waals surface area (Å²) in [5, 5.41) is 12.1. The third-order valence-electron chi connectivity index (χ3n) is 3.29. The van der Waals surface area contributed by atoms with Crippen LogP contribution in [0.3, 0.4) is 0 Å². The molecule has 0 saturated carbocycles. The molecule has 0 bridgehead atoms. The topological polar surface area (TPSA) is 35.8 Å². The lowest BCUT2D eigenvalue weighted by Gasteiger charge is -2.14. The number of hydrogen-bond donors (Lipinski definition) is 1. The van der Waals surface area contributed by atoms with E-state index in [1.165, 1.54) is 11.3 Å². The summed E-state index contributed by atoms with van der Waals surface area (Å²) in [5.41, 5.74) is 2.58. The van der Waals surface area contributed by atoms with Crippen LogP contribution in [0.4, 0.5) is 5.69 Å². The van der Waals surface area contributed by atoms with Crippen molar-refractivity contribution in [3.05, 3.63) is 29.8 Å². The molecule has 0 radical (unpaired) electrons. The van der Waals surface area contributed by atoms with Crippen molar-refractivity contribution in [2.45, 2.75) is 25.0 Å². The molecule has 1 aromatic carbocycles. The summed E-state index contributed by atoms with van der Waals surface area (Å²) in [4.78, 5) is 0. The average Bonchev–Trinajstić information content (AvgIpc) is 2.77. The van der Waals surface area contributed by atoms with Gasteiger partial charge in [-0.05, 0) is 17.5 Å². The minimum absolute atomic E-state index is 0.264. The lowest BCUT2D eigenvalue weighted by Crippen LogP contribution is -2.04. The van der Waals surface area contributed by atoms with Crippen molar-refractivity contribution in [1.82, 2.24) is 0 Å². The van der Waals surface area contributed by atoms with E-state index in [0.29, 0.717) is 5.92 Å². The number of hydrogen-bond acceptors (Lipinski definition) is 2. The van der Waals surface area contributed by atoms with Crippen LogP contribution in [0.25, 0.3) is 0 Å². The molecule has 0 aliphatic carbocycles. The lowest BCUT2D eigenvalue weighted by atomic mass is 9.49. The molecule has 0 spiro atoms. The monoisotopic (exact) mass is 198 g/mol. The molecule has 1 saturated heterocycles. The molecule has 1 N–H and O–H groups in total. The van der Waals surface area contributed by atoms with Crippen LogP contribution in [0.5, 0.6) is 0 Å². The summed E-state index contributed by atoms with van der Waals surface area (Å²) in [6, 6.07) is 8.41. The minimum Gasteiger partial charge on any atom is -0.388 e. The molecule has 76 valence electrons. The second kappa shape index (κ2) is 4.40. The van der Waals surface area contributed by atoms with Crippen LogP contribution in [0.1, 0.15) is 17.9 Å². The second-order valence-electron chi connectivity index (χ2n) is 4.17. The van der Waals surface area contributed by atoms with Crippen LogP contribution in [0.2, 0.25) is 12.6 Å². The van der Waals surface area contributed by atoms with Gasteiger partial charge in [-0.3, -0.25) is 0 Å². The molecule has 1 atom stereocenters.